The van der Waals surface area contributed by atoms with E-state index in [0.29, 0.717) is 12.5 Å². The number of piperidine rings is 1. The first kappa shape index (κ1) is 17.1. The van der Waals surface area contributed by atoms with Crippen LogP contribution in [0.5, 0.6) is 0 Å². The second-order valence-corrected chi connectivity index (χ2v) is 8.04. The van der Waals surface area contributed by atoms with Crippen LogP contribution in [0.25, 0.3) is 0 Å². The highest BCUT2D eigenvalue weighted by Crippen LogP contribution is 2.18. The van der Waals surface area contributed by atoms with E-state index in [1.165, 1.54) is 11.8 Å². The van der Waals surface area contributed by atoms with Gasteiger partial charge in [-0.05, 0) is 43.0 Å². The molecule has 1 unspecified atom stereocenters. The van der Waals surface area contributed by atoms with Crippen molar-refractivity contribution in [2.45, 2.75) is 24.3 Å². The fourth-order valence-electron chi connectivity index (χ4n) is 3.12. The Bertz CT molecular complexity index is 735. The van der Waals surface area contributed by atoms with E-state index in [2.05, 4.69) is 38.9 Å². The summed E-state index contributed by atoms with van der Waals surface area (Å²) in [5.74, 6) is 0.342. The van der Waals surface area contributed by atoms with E-state index in [4.69, 9.17) is 0 Å². The number of nitrogens with one attached hydrogen (secondary N) is 1. The molecule has 0 spiro atoms. The SMILES string of the molecule is O=S(=O)(NCC1CCCN(Cc2ccccc2)C1)c1cccnc1. The molecule has 128 valence electrons. The van der Waals surface area contributed by atoms with Gasteiger partial charge >= 0.3 is 0 Å². The average Bonchev–Trinajstić information content (AvgIpc) is 2.62. The average molecular weight is 345 g/mol. The van der Waals surface area contributed by atoms with Crippen LogP contribution in [-0.4, -0.2) is 37.9 Å². The first-order chi connectivity index (χ1) is 11.6. The van der Waals surface area contributed by atoms with Gasteiger partial charge < -0.3 is 0 Å². The number of aromatic nitrogens is 1. The number of hydrogen-bond acceptors (Lipinski definition) is 4. The van der Waals surface area contributed by atoms with Crippen molar-refractivity contribution in [1.82, 2.24) is 14.6 Å². The van der Waals surface area contributed by atoms with E-state index in [1.54, 1.807) is 18.3 Å². The van der Waals surface area contributed by atoms with Crippen LogP contribution in [0.1, 0.15) is 18.4 Å². The molecule has 1 aliphatic heterocycles. The molecule has 1 fully saturated rings. The van der Waals surface area contributed by atoms with Crippen molar-refractivity contribution < 1.29 is 8.42 Å². The summed E-state index contributed by atoms with van der Waals surface area (Å²) < 4.78 is 27.3. The monoisotopic (exact) mass is 345 g/mol. The van der Waals surface area contributed by atoms with Gasteiger partial charge in [-0.25, -0.2) is 13.1 Å². The van der Waals surface area contributed by atoms with Crippen molar-refractivity contribution in [3.63, 3.8) is 0 Å². The Morgan fingerprint density at radius 1 is 1.17 bits per heavy atom. The molecule has 0 radical (unpaired) electrons. The first-order valence-corrected chi connectivity index (χ1v) is 9.78. The molecule has 1 aromatic carbocycles. The lowest BCUT2D eigenvalue weighted by Crippen LogP contribution is -2.40. The van der Waals surface area contributed by atoms with E-state index in [9.17, 15) is 8.42 Å². The summed E-state index contributed by atoms with van der Waals surface area (Å²) in [4.78, 5) is 6.51. The van der Waals surface area contributed by atoms with Gasteiger partial charge in [-0.1, -0.05) is 30.3 Å². The number of hydrogen-bond donors (Lipinski definition) is 1. The smallest absolute Gasteiger partial charge is 0.242 e. The van der Waals surface area contributed by atoms with Crippen LogP contribution in [0, 0.1) is 5.92 Å². The zero-order valence-corrected chi connectivity index (χ0v) is 14.5. The van der Waals surface area contributed by atoms with E-state index < -0.39 is 10.0 Å². The van der Waals surface area contributed by atoms with Gasteiger partial charge in [0.2, 0.25) is 10.0 Å². The van der Waals surface area contributed by atoms with E-state index in [-0.39, 0.29) is 4.90 Å². The van der Waals surface area contributed by atoms with Crippen molar-refractivity contribution in [3.05, 3.63) is 60.4 Å². The maximum atomic E-state index is 12.3. The minimum absolute atomic E-state index is 0.224. The van der Waals surface area contributed by atoms with Gasteiger partial charge in [0.1, 0.15) is 4.90 Å². The topological polar surface area (TPSA) is 62.3 Å². The summed E-state index contributed by atoms with van der Waals surface area (Å²) in [5, 5.41) is 0. The molecule has 0 amide bonds. The molecule has 2 heterocycles. The highest BCUT2D eigenvalue weighted by Gasteiger charge is 2.22. The lowest BCUT2D eigenvalue weighted by molar-refractivity contribution is 0.169. The second kappa shape index (κ2) is 7.88. The molecule has 0 bridgehead atoms. The molecule has 6 heteroatoms. The Morgan fingerprint density at radius 2 is 2.00 bits per heavy atom. The van der Waals surface area contributed by atoms with E-state index in [0.717, 1.165) is 32.5 Å². The third kappa shape index (κ3) is 4.63. The molecule has 2 aromatic rings. The van der Waals surface area contributed by atoms with Gasteiger partial charge in [-0.15, -0.1) is 0 Å². The molecule has 24 heavy (non-hydrogen) atoms. The Hall–Kier alpha value is -1.76. The lowest BCUT2D eigenvalue weighted by atomic mass is 9.98. The summed E-state index contributed by atoms with van der Waals surface area (Å²) in [6.07, 6.45) is 5.11. The Labute approximate surface area is 143 Å². The standard InChI is InChI=1S/C18H23N3O2S/c22-24(23,18-9-4-10-19-13-18)20-12-17-8-5-11-21(15-17)14-16-6-2-1-3-7-16/h1-4,6-7,9-10,13,17,20H,5,8,11-12,14-15H2. The second-order valence-electron chi connectivity index (χ2n) is 6.27. The maximum absolute atomic E-state index is 12.3. The van der Waals surface area contributed by atoms with Gasteiger partial charge in [0.25, 0.3) is 0 Å². The molecular weight excluding hydrogens is 322 g/mol. The molecular formula is C18H23N3O2S. The van der Waals surface area contributed by atoms with Gasteiger partial charge in [0, 0.05) is 32.0 Å². The van der Waals surface area contributed by atoms with Gasteiger partial charge in [-0.3, -0.25) is 9.88 Å². The Kier molecular flexibility index (Phi) is 5.60. The van der Waals surface area contributed by atoms with Crippen LogP contribution in [-0.2, 0) is 16.6 Å². The normalized spacial score (nSPS) is 19.2. The lowest BCUT2D eigenvalue weighted by Gasteiger charge is -2.32. The van der Waals surface area contributed by atoms with Crippen molar-refractivity contribution >= 4 is 10.0 Å². The highest BCUT2D eigenvalue weighted by atomic mass is 32.2. The predicted octanol–water partition coefficient (Wildman–Crippen LogP) is 2.27. The molecule has 3 rings (SSSR count). The van der Waals surface area contributed by atoms with Crippen LogP contribution in [0.4, 0.5) is 0 Å². The maximum Gasteiger partial charge on any atom is 0.242 e. The molecule has 5 nitrogen and oxygen atoms in total. The summed E-state index contributed by atoms with van der Waals surface area (Å²) in [6, 6.07) is 13.6. The highest BCUT2D eigenvalue weighted by molar-refractivity contribution is 7.89. The molecule has 1 saturated heterocycles. The largest absolute Gasteiger partial charge is 0.299 e. The molecule has 1 atom stereocenters. The number of sulfonamides is 1. The molecule has 1 N–H and O–H groups in total. The van der Waals surface area contributed by atoms with Crippen LogP contribution >= 0.6 is 0 Å². The van der Waals surface area contributed by atoms with Gasteiger partial charge in [0.15, 0.2) is 0 Å². The summed E-state index contributed by atoms with van der Waals surface area (Å²) in [7, 11) is -3.47. The molecule has 1 aliphatic rings. The van der Waals surface area contributed by atoms with E-state index >= 15 is 0 Å². The summed E-state index contributed by atoms with van der Waals surface area (Å²) in [5.41, 5.74) is 1.30. The van der Waals surface area contributed by atoms with Crippen LogP contribution < -0.4 is 4.72 Å². The number of nitrogens with zero attached hydrogens (tertiary/aromatic N) is 2. The van der Waals surface area contributed by atoms with Crippen molar-refractivity contribution in [3.8, 4) is 0 Å². The van der Waals surface area contributed by atoms with Crippen molar-refractivity contribution in [2.75, 3.05) is 19.6 Å². The summed E-state index contributed by atoms with van der Waals surface area (Å²) >= 11 is 0. The van der Waals surface area contributed by atoms with Crippen LogP contribution in [0.3, 0.4) is 0 Å². The third-order valence-corrected chi connectivity index (χ3v) is 5.77. The molecule has 0 aliphatic carbocycles. The first-order valence-electron chi connectivity index (χ1n) is 8.29. The number of rotatable bonds is 6. The zero-order valence-electron chi connectivity index (χ0n) is 13.6. The van der Waals surface area contributed by atoms with Crippen molar-refractivity contribution in [2.24, 2.45) is 5.92 Å². The van der Waals surface area contributed by atoms with Crippen molar-refractivity contribution in [1.29, 1.82) is 0 Å². The zero-order chi connectivity index (χ0) is 16.8. The number of likely N-dealkylation sites (tertiary alicyclic amines) is 1. The summed E-state index contributed by atoms with van der Waals surface area (Å²) in [6.45, 7) is 3.39. The van der Waals surface area contributed by atoms with Crippen LogP contribution in [0.15, 0.2) is 59.8 Å². The number of pyridine rings is 1. The third-order valence-electron chi connectivity index (χ3n) is 4.36. The van der Waals surface area contributed by atoms with Gasteiger partial charge in [-0.2, -0.15) is 0 Å². The Morgan fingerprint density at radius 3 is 2.75 bits per heavy atom. The minimum Gasteiger partial charge on any atom is -0.299 e. The quantitative estimate of drug-likeness (QED) is 0.872. The van der Waals surface area contributed by atoms with Crippen LogP contribution in [0.2, 0.25) is 0 Å². The number of benzene rings is 1. The van der Waals surface area contributed by atoms with E-state index in [1.807, 2.05) is 6.07 Å². The predicted molar refractivity (Wildman–Crippen MR) is 93.9 cm³/mol. The fourth-order valence-corrected chi connectivity index (χ4v) is 4.20. The van der Waals surface area contributed by atoms with Gasteiger partial charge in [0.05, 0.1) is 0 Å². The fraction of sp³-hybridized carbons (Fsp3) is 0.389. The minimum atomic E-state index is -3.47. The Balaban J connectivity index is 1.54. The molecule has 0 saturated carbocycles. The molecule has 1 aromatic heterocycles.